The molecule has 5 rings (SSSR count). The van der Waals surface area contributed by atoms with Gasteiger partial charge < -0.3 is 5.32 Å². The summed E-state index contributed by atoms with van der Waals surface area (Å²) in [5, 5.41) is 7.23. The van der Waals surface area contributed by atoms with E-state index in [1.165, 1.54) is 28.8 Å². The summed E-state index contributed by atoms with van der Waals surface area (Å²) in [6, 6.07) is 20.5. The van der Waals surface area contributed by atoms with Gasteiger partial charge in [0, 0.05) is 28.8 Å². The lowest BCUT2D eigenvalue weighted by Gasteiger charge is -2.24. The molecule has 3 aromatic carbocycles. The van der Waals surface area contributed by atoms with Gasteiger partial charge in [0.2, 0.25) is 11.8 Å². The second kappa shape index (κ2) is 11.6. The smallest absolute Gasteiger partial charge is 0.240 e. The number of halogens is 2. The maximum absolute atomic E-state index is 15.3. The molecule has 1 aliphatic rings. The molecule has 0 aliphatic carbocycles. The molecule has 0 bridgehead atoms. The maximum Gasteiger partial charge on any atom is 0.240 e. The summed E-state index contributed by atoms with van der Waals surface area (Å²) in [6.07, 6.45) is 0.742. The molecule has 6 nitrogen and oxygen atoms in total. The van der Waals surface area contributed by atoms with Crippen LogP contribution in [0.1, 0.15) is 42.2 Å². The number of nitrogens with zero attached hydrogens (tertiary/aromatic N) is 3. The van der Waals surface area contributed by atoms with Gasteiger partial charge in [-0.1, -0.05) is 61.0 Å². The Hall–Kier alpha value is -3.98. The van der Waals surface area contributed by atoms with Crippen molar-refractivity contribution in [1.29, 1.82) is 0 Å². The Labute approximate surface area is 236 Å². The zero-order chi connectivity index (χ0) is 28.4. The van der Waals surface area contributed by atoms with Crippen LogP contribution in [0.5, 0.6) is 0 Å². The summed E-state index contributed by atoms with van der Waals surface area (Å²) < 4.78 is 30.9. The molecule has 2 atom stereocenters. The minimum atomic E-state index is -0.707. The Morgan fingerprint density at radius 3 is 2.50 bits per heavy atom. The number of carbonyl (C=O) groups is 2. The van der Waals surface area contributed by atoms with E-state index in [-0.39, 0.29) is 35.7 Å². The summed E-state index contributed by atoms with van der Waals surface area (Å²) in [6.45, 7) is 5.63. The Morgan fingerprint density at radius 1 is 1.10 bits per heavy atom. The van der Waals surface area contributed by atoms with Gasteiger partial charge in [-0.15, -0.1) is 11.8 Å². The van der Waals surface area contributed by atoms with Crippen LogP contribution in [0.15, 0.2) is 72.8 Å². The van der Waals surface area contributed by atoms with E-state index in [1.807, 2.05) is 75.4 Å². The van der Waals surface area contributed by atoms with Crippen LogP contribution in [0.3, 0.4) is 0 Å². The molecule has 2 heterocycles. The third-order valence-electron chi connectivity index (χ3n) is 6.98. The summed E-state index contributed by atoms with van der Waals surface area (Å²) in [4.78, 5) is 28.3. The number of thioether (sulfide) groups is 1. The van der Waals surface area contributed by atoms with Crippen molar-refractivity contribution in [3.63, 3.8) is 0 Å². The van der Waals surface area contributed by atoms with E-state index in [0.717, 1.165) is 23.6 Å². The van der Waals surface area contributed by atoms with E-state index in [1.54, 1.807) is 4.68 Å². The summed E-state index contributed by atoms with van der Waals surface area (Å²) in [5.41, 5.74) is 3.90. The highest BCUT2D eigenvalue weighted by Gasteiger charge is 2.38. The first-order chi connectivity index (χ1) is 19.3. The number of rotatable bonds is 7. The van der Waals surface area contributed by atoms with Crippen LogP contribution < -0.4 is 10.2 Å². The number of benzene rings is 3. The van der Waals surface area contributed by atoms with E-state index >= 15 is 4.39 Å². The lowest BCUT2D eigenvalue weighted by atomic mass is 9.99. The van der Waals surface area contributed by atoms with Crippen molar-refractivity contribution in [2.75, 3.05) is 17.2 Å². The molecular weight excluding hydrogens is 530 g/mol. The normalized spacial score (nSPS) is 15.9. The minimum absolute atomic E-state index is 0.00506. The van der Waals surface area contributed by atoms with Crippen LogP contribution in [-0.4, -0.2) is 39.9 Å². The second-order valence-electron chi connectivity index (χ2n) is 9.91. The molecule has 0 fully saturated rings. The zero-order valence-corrected chi connectivity index (χ0v) is 23.3. The van der Waals surface area contributed by atoms with Crippen LogP contribution in [0, 0.1) is 18.6 Å². The SMILES string of the molecule is CC[C@@H](C)NC(=O)CN1C(=O)CS[C@@H](c2ccc(F)cc2F)c2c(-c3ccccc3)nn(-c3ccc(C)cc3)c21. The minimum Gasteiger partial charge on any atom is -0.352 e. The monoisotopic (exact) mass is 560 g/mol. The zero-order valence-electron chi connectivity index (χ0n) is 22.5. The molecule has 9 heteroatoms. The lowest BCUT2D eigenvalue weighted by Crippen LogP contribution is -2.44. The number of fused-ring (bicyclic) bond motifs is 1. The first-order valence-corrected chi connectivity index (χ1v) is 14.2. The molecule has 0 saturated carbocycles. The molecule has 0 spiro atoms. The Balaban J connectivity index is 1.79. The van der Waals surface area contributed by atoms with Crippen LogP contribution in [0.2, 0.25) is 0 Å². The van der Waals surface area contributed by atoms with Crippen molar-refractivity contribution < 1.29 is 18.4 Å². The van der Waals surface area contributed by atoms with Crippen molar-refractivity contribution in [1.82, 2.24) is 15.1 Å². The maximum atomic E-state index is 15.3. The fourth-order valence-electron chi connectivity index (χ4n) is 4.72. The summed E-state index contributed by atoms with van der Waals surface area (Å²) in [7, 11) is 0. The predicted octanol–water partition coefficient (Wildman–Crippen LogP) is 6.21. The number of carbonyl (C=O) groups excluding carboxylic acids is 2. The molecule has 0 saturated heterocycles. The highest BCUT2D eigenvalue weighted by Crippen LogP contribution is 2.49. The molecule has 206 valence electrons. The number of amides is 2. The number of hydrogen-bond donors (Lipinski definition) is 1. The van der Waals surface area contributed by atoms with Gasteiger partial charge in [-0.25, -0.2) is 13.5 Å². The van der Waals surface area contributed by atoms with Crippen molar-refractivity contribution in [2.24, 2.45) is 0 Å². The molecular formula is C31H30F2N4O2S. The first kappa shape index (κ1) is 27.6. The molecule has 40 heavy (non-hydrogen) atoms. The predicted molar refractivity (Wildman–Crippen MR) is 155 cm³/mol. The standard InChI is InChI=1S/C31H30F2N4O2S/c1-4-20(3)34-26(38)17-36-27(39)18-40-30(24-15-12-22(32)16-25(24)33)28-29(21-8-6-5-7-9-21)35-37(31(28)36)23-13-10-19(2)11-14-23/h5-16,20,30H,4,17-18H2,1-3H3,(H,34,38)/t20-,30+/m1/s1. The van der Waals surface area contributed by atoms with Crippen LogP contribution in [-0.2, 0) is 9.59 Å². The fourth-order valence-corrected chi connectivity index (χ4v) is 5.94. The summed E-state index contributed by atoms with van der Waals surface area (Å²) in [5.74, 6) is -1.61. The van der Waals surface area contributed by atoms with Crippen LogP contribution in [0.25, 0.3) is 16.9 Å². The van der Waals surface area contributed by atoms with Gasteiger partial charge in [0.1, 0.15) is 24.0 Å². The number of aryl methyl sites for hydroxylation is 1. The van der Waals surface area contributed by atoms with E-state index in [9.17, 15) is 14.0 Å². The molecule has 1 aromatic heterocycles. The molecule has 0 unspecified atom stereocenters. The Bertz CT molecular complexity index is 1540. The molecule has 1 aliphatic heterocycles. The van der Waals surface area contributed by atoms with Crippen molar-refractivity contribution in [3.05, 3.63) is 101 Å². The molecule has 4 aromatic rings. The van der Waals surface area contributed by atoms with Gasteiger partial charge in [-0.05, 0) is 38.5 Å². The highest BCUT2D eigenvalue weighted by molar-refractivity contribution is 8.00. The van der Waals surface area contributed by atoms with Crippen LogP contribution in [0.4, 0.5) is 14.6 Å². The largest absolute Gasteiger partial charge is 0.352 e. The quantitative estimate of drug-likeness (QED) is 0.292. The average molecular weight is 561 g/mol. The first-order valence-electron chi connectivity index (χ1n) is 13.2. The van der Waals surface area contributed by atoms with Gasteiger partial charge >= 0.3 is 0 Å². The van der Waals surface area contributed by atoms with Crippen molar-refractivity contribution in [3.8, 4) is 16.9 Å². The second-order valence-corrected chi connectivity index (χ2v) is 11.0. The number of anilines is 1. The van der Waals surface area contributed by atoms with Gasteiger partial charge in [-0.3, -0.25) is 14.5 Å². The molecule has 1 N–H and O–H groups in total. The van der Waals surface area contributed by atoms with Gasteiger partial charge in [0.25, 0.3) is 0 Å². The van der Waals surface area contributed by atoms with E-state index in [0.29, 0.717) is 22.8 Å². The van der Waals surface area contributed by atoms with E-state index < -0.39 is 16.9 Å². The van der Waals surface area contributed by atoms with Crippen molar-refractivity contribution >= 4 is 29.4 Å². The fraction of sp³-hybridized carbons (Fsp3) is 0.258. The molecule has 2 amide bonds. The van der Waals surface area contributed by atoms with Crippen LogP contribution >= 0.6 is 11.8 Å². The lowest BCUT2D eigenvalue weighted by molar-refractivity contribution is -0.123. The van der Waals surface area contributed by atoms with E-state index in [2.05, 4.69) is 5.32 Å². The molecule has 0 radical (unpaired) electrons. The summed E-state index contributed by atoms with van der Waals surface area (Å²) >= 11 is 1.24. The Kier molecular flexibility index (Phi) is 8.02. The van der Waals surface area contributed by atoms with E-state index in [4.69, 9.17) is 5.10 Å². The Morgan fingerprint density at radius 2 is 1.82 bits per heavy atom. The average Bonchev–Trinajstić information content (AvgIpc) is 3.27. The number of aromatic nitrogens is 2. The van der Waals surface area contributed by atoms with Gasteiger partial charge in [0.15, 0.2) is 0 Å². The van der Waals surface area contributed by atoms with Gasteiger partial charge in [0.05, 0.1) is 22.4 Å². The van der Waals surface area contributed by atoms with Crippen molar-refractivity contribution in [2.45, 2.75) is 38.5 Å². The topological polar surface area (TPSA) is 67.2 Å². The number of nitrogens with one attached hydrogen (secondary N) is 1. The van der Waals surface area contributed by atoms with Gasteiger partial charge in [-0.2, -0.15) is 5.10 Å². The highest BCUT2D eigenvalue weighted by atomic mass is 32.2. The number of hydrogen-bond acceptors (Lipinski definition) is 4. The third-order valence-corrected chi connectivity index (χ3v) is 8.22. The third kappa shape index (κ3) is 5.51.